The molecule has 4 aromatic rings. The van der Waals surface area contributed by atoms with Gasteiger partial charge in [-0.1, -0.05) is 12.0 Å². The molecule has 2 aromatic carbocycles. The number of carbonyl (C=O) groups excluding carboxylic acids is 1. The molecule has 0 radical (unpaired) electrons. The molecule has 3 fully saturated rings. The summed E-state index contributed by atoms with van der Waals surface area (Å²) in [6, 6.07) is 4.31. The number of amides is 2. The number of nitrogens with one attached hydrogen (secondary N) is 1. The SMILES string of the molecule is C#Cc1c(F)ccc2cc(O)cc(-c3ncc4c(N5CCC(NC(N)=O)C5)nc(OC[C@@]56CCCN5C[C@H](F)C6)nc4c3F)c12. The van der Waals surface area contributed by atoms with Gasteiger partial charge in [-0.3, -0.25) is 9.88 Å². The number of phenols is 1. The van der Waals surface area contributed by atoms with Gasteiger partial charge in [-0.05, 0) is 49.4 Å². The lowest BCUT2D eigenvalue weighted by Gasteiger charge is -2.31. The summed E-state index contributed by atoms with van der Waals surface area (Å²) in [4.78, 5) is 29.0. The number of carbonyl (C=O) groups is 1. The molecule has 3 aliphatic rings. The first-order valence-corrected chi connectivity index (χ1v) is 14.8. The number of nitrogens with two attached hydrogens (primary N) is 1. The number of primary amides is 1. The van der Waals surface area contributed by atoms with Crippen molar-refractivity contribution in [3.8, 4) is 35.4 Å². The number of benzene rings is 2. The smallest absolute Gasteiger partial charge is 0.319 e. The summed E-state index contributed by atoms with van der Waals surface area (Å²) in [6.45, 7) is 2.07. The van der Waals surface area contributed by atoms with Crippen LogP contribution in [0.5, 0.6) is 11.8 Å². The highest BCUT2D eigenvalue weighted by atomic mass is 19.1. The average Bonchev–Trinajstić information content (AvgIpc) is 3.70. The number of nitrogens with zero attached hydrogens (tertiary/aromatic N) is 5. The molecule has 10 nitrogen and oxygen atoms in total. The number of hydrogen-bond donors (Lipinski definition) is 3. The fraction of sp³-hybridized carbons (Fsp3) is 0.375. The van der Waals surface area contributed by atoms with Crippen molar-refractivity contribution in [3.05, 3.63) is 47.7 Å². The standard InChI is InChI=1S/C32H30F3N7O3/c1-2-21-24(34)5-4-17-10-20(43)11-22(25(17)21)27-26(35)28-23(13-37-27)29(41-9-6-19(15-41)38-30(36)44)40-31(39-28)45-16-32-7-3-8-42(32)14-18(33)12-32/h1,4-5,10-11,13,18-19,43H,3,6-9,12,14-16H2,(H3,36,38,44)/t18-,19?,32+/m1/s1. The van der Waals surface area contributed by atoms with Gasteiger partial charge in [0.15, 0.2) is 5.82 Å². The maximum Gasteiger partial charge on any atom is 0.319 e. The maximum atomic E-state index is 16.7. The molecule has 232 valence electrons. The maximum absolute atomic E-state index is 16.7. The van der Waals surface area contributed by atoms with E-state index in [4.69, 9.17) is 16.9 Å². The number of alkyl halides is 1. The molecular weight excluding hydrogens is 587 g/mol. The van der Waals surface area contributed by atoms with Crippen LogP contribution in [0.2, 0.25) is 0 Å². The van der Waals surface area contributed by atoms with Gasteiger partial charge in [-0.25, -0.2) is 18.0 Å². The molecule has 5 heterocycles. The molecule has 0 saturated carbocycles. The molecule has 0 bridgehead atoms. The van der Waals surface area contributed by atoms with Crippen LogP contribution in [0.15, 0.2) is 30.5 Å². The zero-order valence-corrected chi connectivity index (χ0v) is 24.2. The van der Waals surface area contributed by atoms with Crippen LogP contribution in [0, 0.1) is 24.0 Å². The third-order valence-corrected chi connectivity index (χ3v) is 9.16. The van der Waals surface area contributed by atoms with Crippen LogP contribution in [0.4, 0.5) is 23.8 Å². The van der Waals surface area contributed by atoms with Gasteiger partial charge in [-0.15, -0.1) is 6.42 Å². The first kappa shape index (κ1) is 28.9. The largest absolute Gasteiger partial charge is 0.508 e. The number of urea groups is 1. The number of phenolic OH excluding ortho intramolecular Hbond substituents is 1. The number of hydrogen-bond acceptors (Lipinski definition) is 8. The number of halogens is 3. The Balaban J connectivity index is 1.36. The van der Waals surface area contributed by atoms with Crippen molar-refractivity contribution in [2.45, 2.75) is 43.4 Å². The van der Waals surface area contributed by atoms with Crippen LogP contribution in [-0.2, 0) is 0 Å². The van der Waals surface area contributed by atoms with Crippen molar-refractivity contribution in [1.82, 2.24) is 25.2 Å². The fourth-order valence-corrected chi connectivity index (χ4v) is 7.19. The van der Waals surface area contributed by atoms with E-state index >= 15 is 4.39 Å². The molecule has 7 rings (SSSR count). The van der Waals surface area contributed by atoms with E-state index in [2.05, 4.69) is 31.1 Å². The average molecular weight is 618 g/mol. The number of rotatable bonds is 6. The van der Waals surface area contributed by atoms with Gasteiger partial charge in [0.25, 0.3) is 0 Å². The fourth-order valence-electron chi connectivity index (χ4n) is 7.19. The molecule has 3 saturated heterocycles. The minimum Gasteiger partial charge on any atom is -0.508 e. The summed E-state index contributed by atoms with van der Waals surface area (Å²) >= 11 is 0. The van der Waals surface area contributed by atoms with E-state index in [1.165, 1.54) is 30.5 Å². The number of anilines is 1. The number of pyridine rings is 1. The predicted molar refractivity (Wildman–Crippen MR) is 162 cm³/mol. The van der Waals surface area contributed by atoms with Gasteiger partial charge >= 0.3 is 12.0 Å². The molecule has 0 spiro atoms. The van der Waals surface area contributed by atoms with Gasteiger partial charge in [0.1, 0.15) is 41.4 Å². The minimum atomic E-state index is -0.956. The first-order valence-electron chi connectivity index (χ1n) is 14.8. The Morgan fingerprint density at radius 2 is 2.09 bits per heavy atom. The van der Waals surface area contributed by atoms with Gasteiger partial charge in [0, 0.05) is 49.2 Å². The van der Waals surface area contributed by atoms with Crippen molar-refractivity contribution >= 4 is 33.5 Å². The molecule has 3 atom stereocenters. The summed E-state index contributed by atoms with van der Waals surface area (Å²) in [5, 5.41) is 14.1. The van der Waals surface area contributed by atoms with E-state index in [0.717, 1.165) is 19.4 Å². The van der Waals surface area contributed by atoms with Gasteiger partial charge < -0.3 is 25.8 Å². The lowest BCUT2D eigenvalue weighted by molar-refractivity contribution is 0.107. The van der Waals surface area contributed by atoms with E-state index in [1.807, 2.05) is 4.90 Å². The van der Waals surface area contributed by atoms with Gasteiger partial charge in [0.05, 0.1) is 16.5 Å². The highest BCUT2D eigenvalue weighted by molar-refractivity contribution is 6.03. The monoisotopic (exact) mass is 617 g/mol. The van der Waals surface area contributed by atoms with Crippen LogP contribution in [0.3, 0.4) is 0 Å². The normalized spacial score (nSPS) is 23.0. The third kappa shape index (κ3) is 4.99. The number of aromatic nitrogens is 3. The number of fused-ring (bicyclic) bond motifs is 3. The van der Waals surface area contributed by atoms with Crippen molar-refractivity contribution < 1.29 is 27.8 Å². The molecule has 0 aliphatic carbocycles. The van der Waals surface area contributed by atoms with Gasteiger partial charge in [-0.2, -0.15) is 9.97 Å². The molecule has 3 aliphatic heterocycles. The second-order valence-electron chi connectivity index (χ2n) is 12.0. The van der Waals surface area contributed by atoms with Crippen LogP contribution in [0.1, 0.15) is 31.2 Å². The van der Waals surface area contributed by atoms with Crippen molar-refractivity contribution in [2.24, 2.45) is 5.73 Å². The van der Waals surface area contributed by atoms with E-state index in [1.54, 1.807) is 0 Å². The van der Waals surface area contributed by atoms with Crippen LogP contribution >= 0.6 is 0 Å². The zero-order chi connectivity index (χ0) is 31.5. The molecule has 13 heteroatoms. The minimum absolute atomic E-state index is 0.0896. The zero-order valence-electron chi connectivity index (χ0n) is 24.2. The third-order valence-electron chi connectivity index (χ3n) is 9.16. The Kier molecular flexibility index (Phi) is 7.04. The van der Waals surface area contributed by atoms with Gasteiger partial charge in [0.2, 0.25) is 0 Å². The lowest BCUT2D eigenvalue weighted by Crippen LogP contribution is -2.43. The van der Waals surface area contributed by atoms with E-state index in [9.17, 15) is 18.7 Å². The lowest BCUT2D eigenvalue weighted by atomic mass is 9.95. The highest BCUT2D eigenvalue weighted by Gasteiger charge is 2.49. The quantitative estimate of drug-likeness (QED) is 0.277. The number of terminal acetylenes is 1. The van der Waals surface area contributed by atoms with E-state index < -0.39 is 29.4 Å². The molecule has 2 amide bonds. The van der Waals surface area contributed by atoms with Crippen LogP contribution in [-0.4, -0.2) is 81.5 Å². The van der Waals surface area contributed by atoms with Crippen LogP contribution < -0.4 is 20.7 Å². The molecule has 1 unspecified atom stereocenters. The molecular formula is C32H30F3N7O3. The Morgan fingerprint density at radius 3 is 2.89 bits per heavy atom. The Bertz CT molecular complexity index is 1900. The van der Waals surface area contributed by atoms with Crippen molar-refractivity contribution in [1.29, 1.82) is 0 Å². The molecule has 2 aromatic heterocycles. The summed E-state index contributed by atoms with van der Waals surface area (Å²) in [5.41, 5.74) is 4.53. The summed E-state index contributed by atoms with van der Waals surface area (Å²) in [6.07, 6.45) is 8.69. The molecule has 4 N–H and O–H groups in total. The van der Waals surface area contributed by atoms with E-state index in [0.29, 0.717) is 43.7 Å². The summed E-state index contributed by atoms with van der Waals surface area (Å²) < 4.78 is 52.0. The molecule has 45 heavy (non-hydrogen) atoms. The predicted octanol–water partition coefficient (Wildman–Crippen LogP) is 4.01. The first-order chi connectivity index (χ1) is 21.7. The topological polar surface area (TPSA) is 130 Å². The van der Waals surface area contributed by atoms with E-state index in [-0.39, 0.29) is 57.5 Å². The summed E-state index contributed by atoms with van der Waals surface area (Å²) in [5.74, 6) is 0.966. The second kappa shape index (κ2) is 11.0. The number of ether oxygens (including phenoxy) is 1. The Labute approximate surface area is 256 Å². The Morgan fingerprint density at radius 1 is 1.24 bits per heavy atom. The Hall–Kier alpha value is -4.83. The second-order valence-corrected chi connectivity index (χ2v) is 12.0. The summed E-state index contributed by atoms with van der Waals surface area (Å²) in [7, 11) is 0. The van der Waals surface area contributed by atoms with Crippen LogP contribution in [0.25, 0.3) is 32.9 Å². The van der Waals surface area contributed by atoms with Crippen molar-refractivity contribution in [2.75, 3.05) is 37.7 Å². The van der Waals surface area contributed by atoms with Crippen molar-refractivity contribution in [3.63, 3.8) is 0 Å². The number of aromatic hydroxyl groups is 1. The highest BCUT2D eigenvalue weighted by Crippen LogP contribution is 2.42.